The molecule has 2 fully saturated rings. The van der Waals surface area contributed by atoms with Gasteiger partial charge in [0.2, 0.25) is 0 Å². The number of hydrogen-bond acceptors (Lipinski definition) is 2. The summed E-state index contributed by atoms with van der Waals surface area (Å²) >= 11 is 0. The molecule has 2 rings (SSSR count). The second-order valence-corrected chi connectivity index (χ2v) is 5.56. The van der Waals surface area contributed by atoms with Gasteiger partial charge in [-0.2, -0.15) is 5.26 Å². The van der Waals surface area contributed by atoms with Crippen LogP contribution in [0.15, 0.2) is 0 Å². The Balaban J connectivity index is 2.16. The molecule has 1 saturated carbocycles. The Morgan fingerprint density at radius 2 is 1.87 bits per heavy atom. The number of hydrogen-bond donors (Lipinski definition) is 0. The Labute approximate surface area is 92.6 Å². The molecule has 2 heteroatoms. The molecule has 0 bridgehead atoms. The zero-order chi connectivity index (χ0) is 10.9. The maximum atomic E-state index is 9.35. The minimum atomic E-state index is 0.189. The molecule has 1 atom stereocenters. The van der Waals surface area contributed by atoms with Crippen LogP contribution in [0, 0.1) is 34.5 Å². The number of nitriles is 1. The third-order valence-electron chi connectivity index (χ3n) is 4.33. The average molecular weight is 207 g/mol. The summed E-state index contributed by atoms with van der Waals surface area (Å²) in [5, 5.41) is 9.35. The van der Waals surface area contributed by atoms with Crippen LogP contribution in [0.2, 0.25) is 0 Å². The van der Waals surface area contributed by atoms with E-state index in [9.17, 15) is 5.26 Å². The van der Waals surface area contributed by atoms with E-state index in [1.54, 1.807) is 0 Å². The van der Waals surface area contributed by atoms with Crippen molar-refractivity contribution in [2.75, 3.05) is 13.2 Å². The maximum absolute atomic E-state index is 9.35. The van der Waals surface area contributed by atoms with E-state index in [0.717, 1.165) is 19.1 Å². The molecule has 0 spiro atoms. The summed E-state index contributed by atoms with van der Waals surface area (Å²) in [7, 11) is 0. The molecule has 2 nitrogen and oxygen atoms in total. The molecule has 0 amide bonds. The summed E-state index contributed by atoms with van der Waals surface area (Å²) in [6.45, 7) is 5.99. The summed E-state index contributed by atoms with van der Waals surface area (Å²) in [6.07, 6.45) is 5.33. The molecule has 1 unspecified atom stereocenters. The van der Waals surface area contributed by atoms with E-state index in [-0.39, 0.29) is 11.3 Å². The lowest BCUT2D eigenvalue weighted by atomic mass is 9.61. The van der Waals surface area contributed by atoms with Crippen molar-refractivity contribution < 1.29 is 4.74 Å². The van der Waals surface area contributed by atoms with E-state index < -0.39 is 0 Å². The van der Waals surface area contributed by atoms with Gasteiger partial charge < -0.3 is 4.74 Å². The summed E-state index contributed by atoms with van der Waals surface area (Å²) in [5.74, 6) is 1.40. The summed E-state index contributed by atoms with van der Waals surface area (Å²) < 4.78 is 5.43. The highest BCUT2D eigenvalue weighted by Crippen LogP contribution is 2.51. The number of nitrogens with zero attached hydrogens (tertiary/aromatic N) is 1. The van der Waals surface area contributed by atoms with Crippen LogP contribution in [0.25, 0.3) is 0 Å². The van der Waals surface area contributed by atoms with Gasteiger partial charge in [-0.1, -0.05) is 26.7 Å². The first-order valence-electron chi connectivity index (χ1n) is 6.18. The topological polar surface area (TPSA) is 33.0 Å². The minimum absolute atomic E-state index is 0.189. The number of ether oxygens (including phenoxy) is 1. The standard InChI is InChI=1S/C13H21NO/c1-10(2)12(7-14)13(8-15-9-13)11-5-3-4-6-11/h10-12H,3-6,8-9H2,1-2H3. The van der Waals surface area contributed by atoms with Crippen molar-refractivity contribution in [3.63, 3.8) is 0 Å². The zero-order valence-electron chi connectivity index (χ0n) is 9.83. The Morgan fingerprint density at radius 3 is 2.20 bits per heavy atom. The van der Waals surface area contributed by atoms with Gasteiger partial charge in [-0.3, -0.25) is 0 Å². The van der Waals surface area contributed by atoms with Crippen LogP contribution in [-0.2, 0) is 4.74 Å². The minimum Gasteiger partial charge on any atom is -0.380 e. The molecule has 1 heterocycles. The Bertz CT molecular complexity index is 256. The van der Waals surface area contributed by atoms with Crippen LogP contribution < -0.4 is 0 Å². The summed E-state index contributed by atoms with van der Waals surface area (Å²) in [5.41, 5.74) is 0.208. The van der Waals surface area contributed by atoms with Crippen LogP contribution in [-0.4, -0.2) is 13.2 Å². The van der Waals surface area contributed by atoms with Crippen LogP contribution in [0.1, 0.15) is 39.5 Å². The van der Waals surface area contributed by atoms with Crippen molar-refractivity contribution in [3.05, 3.63) is 0 Å². The Kier molecular flexibility index (Phi) is 3.02. The molecule has 1 saturated heterocycles. The third kappa shape index (κ3) is 1.67. The average Bonchev–Trinajstić information content (AvgIpc) is 2.62. The first-order valence-corrected chi connectivity index (χ1v) is 6.18. The van der Waals surface area contributed by atoms with Crippen molar-refractivity contribution in [2.45, 2.75) is 39.5 Å². The van der Waals surface area contributed by atoms with Gasteiger partial charge >= 0.3 is 0 Å². The van der Waals surface area contributed by atoms with Gasteiger partial charge in [0, 0.05) is 5.41 Å². The molecule has 0 aromatic rings. The van der Waals surface area contributed by atoms with E-state index in [4.69, 9.17) is 4.74 Å². The normalized spacial score (nSPS) is 27.3. The van der Waals surface area contributed by atoms with Crippen LogP contribution in [0.5, 0.6) is 0 Å². The lowest BCUT2D eigenvalue weighted by Crippen LogP contribution is -2.54. The van der Waals surface area contributed by atoms with Crippen molar-refractivity contribution in [1.82, 2.24) is 0 Å². The van der Waals surface area contributed by atoms with E-state index in [2.05, 4.69) is 19.9 Å². The molecule has 1 aliphatic carbocycles. The lowest BCUT2D eigenvalue weighted by molar-refractivity contribution is -0.173. The van der Waals surface area contributed by atoms with Crippen LogP contribution in [0.4, 0.5) is 0 Å². The molecule has 84 valence electrons. The highest BCUT2D eigenvalue weighted by atomic mass is 16.5. The van der Waals surface area contributed by atoms with Crippen molar-refractivity contribution in [1.29, 1.82) is 5.26 Å². The fourth-order valence-corrected chi connectivity index (χ4v) is 3.45. The van der Waals surface area contributed by atoms with Gasteiger partial charge in [-0.15, -0.1) is 0 Å². The molecular weight excluding hydrogens is 186 g/mol. The zero-order valence-corrected chi connectivity index (χ0v) is 9.83. The monoisotopic (exact) mass is 207 g/mol. The molecule has 2 aliphatic rings. The van der Waals surface area contributed by atoms with Crippen LogP contribution >= 0.6 is 0 Å². The highest BCUT2D eigenvalue weighted by molar-refractivity contribution is 5.06. The van der Waals surface area contributed by atoms with Gasteiger partial charge in [0.15, 0.2) is 0 Å². The van der Waals surface area contributed by atoms with E-state index in [0.29, 0.717) is 5.92 Å². The van der Waals surface area contributed by atoms with Crippen molar-refractivity contribution in [3.8, 4) is 6.07 Å². The Morgan fingerprint density at radius 1 is 1.27 bits per heavy atom. The van der Waals surface area contributed by atoms with E-state index >= 15 is 0 Å². The summed E-state index contributed by atoms with van der Waals surface area (Å²) in [4.78, 5) is 0. The van der Waals surface area contributed by atoms with Gasteiger partial charge in [0.25, 0.3) is 0 Å². The van der Waals surface area contributed by atoms with E-state index in [1.165, 1.54) is 25.7 Å². The van der Waals surface area contributed by atoms with Crippen molar-refractivity contribution in [2.24, 2.45) is 23.2 Å². The van der Waals surface area contributed by atoms with Gasteiger partial charge in [-0.05, 0) is 24.7 Å². The second-order valence-electron chi connectivity index (χ2n) is 5.56. The first kappa shape index (κ1) is 11.0. The number of rotatable bonds is 3. The largest absolute Gasteiger partial charge is 0.380 e. The predicted octanol–water partition coefficient (Wildman–Crippen LogP) is 2.99. The first-order chi connectivity index (χ1) is 7.20. The lowest BCUT2D eigenvalue weighted by Gasteiger charge is -2.50. The fourth-order valence-electron chi connectivity index (χ4n) is 3.45. The second kappa shape index (κ2) is 4.14. The Hall–Kier alpha value is -0.550. The van der Waals surface area contributed by atoms with Gasteiger partial charge in [0.1, 0.15) is 0 Å². The molecule has 0 aromatic heterocycles. The summed E-state index contributed by atoms with van der Waals surface area (Å²) in [6, 6.07) is 2.54. The predicted molar refractivity (Wildman–Crippen MR) is 59.2 cm³/mol. The maximum Gasteiger partial charge on any atom is 0.0666 e. The van der Waals surface area contributed by atoms with Gasteiger partial charge in [-0.25, -0.2) is 0 Å². The van der Waals surface area contributed by atoms with Gasteiger partial charge in [0.05, 0.1) is 25.2 Å². The van der Waals surface area contributed by atoms with Crippen molar-refractivity contribution >= 4 is 0 Å². The molecule has 0 aromatic carbocycles. The molecule has 15 heavy (non-hydrogen) atoms. The molecule has 0 radical (unpaired) electrons. The fraction of sp³-hybridized carbons (Fsp3) is 0.923. The highest BCUT2D eigenvalue weighted by Gasteiger charge is 2.52. The molecular formula is C13H21NO. The van der Waals surface area contributed by atoms with Crippen LogP contribution in [0.3, 0.4) is 0 Å². The quantitative estimate of drug-likeness (QED) is 0.712. The van der Waals surface area contributed by atoms with E-state index in [1.807, 2.05) is 0 Å². The SMILES string of the molecule is CC(C)C(C#N)C1(C2CCCC2)COC1. The third-order valence-corrected chi connectivity index (χ3v) is 4.33. The molecule has 0 N–H and O–H groups in total. The molecule has 1 aliphatic heterocycles. The smallest absolute Gasteiger partial charge is 0.0666 e.